The topological polar surface area (TPSA) is 55.4 Å². The number of esters is 1. The van der Waals surface area contributed by atoms with Gasteiger partial charge in [-0.2, -0.15) is 0 Å². The molecule has 0 aromatic heterocycles. The number of amides is 1. The first kappa shape index (κ1) is 17.4. The summed E-state index contributed by atoms with van der Waals surface area (Å²) < 4.78 is 5.20. The second-order valence-corrected chi connectivity index (χ2v) is 5.27. The van der Waals surface area contributed by atoms with Gasteiger partial charge in [-0.25, -0.2) is 0 Å². The SMILES string of the molecule is C=CCCC(=O)N[C@H](C)COC(=O)C(C)(C)CC=C. The van der Waals surface area contributed by atoms with E-state index in [0.29, 0.717) is 19.3 Å². The third-order valence-corrected chi connectivity index (χ3v) is 2.65. The molecule has 0 rings (SSSR count). The van der Waals surface area contributed by atoms with Crippen molar-refractivity contribution < 1.29 is 14.3 Å². The molecule has 0 unspecified atom stereocenters. The van der Waals surface area contributed by atoms with Gasteiger partial charge in [0, 0.05) is 6.42 Å². The van der Waals surface area contributed by atoms with Gasteiger partial charge in [0.05, 0.1) is 11.5 Å². The Morgan fingerprint density at radius 1 is 1.32 bits per heavy atom. The van der Waals surface area contributed by atoms with Crippen molar-refractivity contribution in [2.45, 2.75) is 46.1 Å². The number of allylic oxidation sites excluding steroid dienone is 2. The van der Waals surface area contributed by atoms with E-state index in [9.17, 15) is 9.59 Å². The first-order chi connectivity index (χ1) is 8.83. The van der Waals surface area contributed by atoms with Gasteiger partial charge in [-0.3, -0.25) is 9.59 Å². The molecular formula is C15H25NO3. The Morgan fingerprint density at radius 2 is 1.95 bits per heavy atom. The van der Waals surface area contributed by atoms with Crippen LogP contribution in [0.25, 0.3) is 0 Å². The third-order valence-electron chi connectivity index (χ3n) is 2.65. The van der Waals surface area contributed by atoms with Crippen molar-refractivity contribution in [2.24, 2.45) is 5.41 Å². The molecule has 0 aliphatic rings. The standard InChI is InChI=1S/C15H25NO3/c1-6-8-9-13(17)16-12(3)11-19-14(18)15(4,5)10-7-2/h6-7,12H,1-2,8-11H2,3-5H3,(H,16,17)/t12-/m1/s1. The molecular weight excluding hydrogens is 242 g/mol. The number of ether oxygens (including phenoxy) is 1. The molecule has 1 amide bonds. The van der Waals surface area contributed by atoms with Crippen LogP contribution in [-0.2, 0) is 14.3 Å². The van der Waals surface area contributed by atoms with Gasteiger partial charge in [0.2, 0.25) is 5.91 Å². The van der Waals surface area contributed by atoms with Gasteiger partial charge < -0.3 is 10.1 Å². The van der Waals surface area contributed by atoms with Crippen molar-refractivity contribution in [3.05, 3.63) is 25.3 Å². The fraction of sp³-hybridized carbons (Fsp3) is 0.600. The van der Waals surface area contributed by atoms with Gasteiger partial charge in [-0.15, -0.1) is 13.2 Å². The third kappa shape index (κ3) is 7.44. The molecule has 0 saturated carbocycles. The highest BCUT2D eigenvalue weighted by atomic mass is 16.5. The summed E-state index contributed by atoms with van der Waals surface area (Å²) >= 11 is 0. The minimum absolute atomic E-state index is 0.0613. The minimum Gasteiger partial charge on any atom is -0.463 e. The number of hydrogen-bond donors (Lipinski definition) is 1. The molecule has 4 heteroatoms. The normalized spacial score (nSPS) is 12.4. The van der Waals surface area contributed by atoms with E-state index in [1.807, 2.05) is 13.8 Å². The maximum Gasteiger partial charge on any atom is 0.311 e. The van der Waals surface area contributed by atoms with Gasteiger partial charge in [0.25, 0.3) is 0 Å². The predicted molar refractivity (Wildman–Crippen MR) is 76.6 cm³/mol. The van der Waals surface area contributed by atoms with E-state index in [1.54, 1.807) is 19.1 Å². The number of rotatable bonds is 9. The molecule has 0 fully saturated rings. The van der Waals surface area contributed by atoms with E-state index in [4.69, 9.17) is 4.74 Å². The Kier molecular flexibility index (Phi) is 7.80. The van der Waals surface area contributed by atoms with Crippen LogP contribution in [0.2, 0.25) is 0 Å². The molecule has 108 valence electrons. The Hall–Kier alpha value is -1.58. The molecule has 0 aliphatic heterocycles. The van der Waals surface area contributed by atoms with Crippen LogP contribution in [-0.4, -0.2) is 24.5 Å². The van der Waals surface area contributed by atoms with Crippen LogP contribution in [0.1, 0.15) is 40.0 Å². The van der Waals surface area contributed by atoms with Gasteiger partial charge in [-0.1, -0.05) is 12.2 Å². The largest absolute Gasteiger partial charge is 0.463 e. The average molecular weight is 267 g/mol. The van der Waals surface area contributed by atoms with Gasteiger partial charge >= 0.3 is 5.97 Å². The summed E-state index contributed by atoms with van der Waals surface area (Å²) in [4.78, 5) is 23.3. The lowest BCUT2D eigenvalue weighted by molar-refractivity contribution is -0.154. The van der Waals surface area contributed by atoms with Crippen molar-refractivity contribution >= 4 is 11.9 Å². The molecule has 0 saturated heterocycles. The van der Waals surface area contributed by atoms with Crippen molar-refractivity contribution in [2.75, 3.05) is 6.61 Å². The lowest BCUT2D eigenvalue weighted by Gasteiger charge is -2.22. The monoisotopic (exact) mass is 267 g/mol. The molecule has 4 nitrogen and oxygen atoms in total. The minimum atomic E-state index is -0.575. The van der Waals surface area contributed by atoms with E-state index in [-0.39, 0.29) is 24.5 Å². The zero-order valence-electron chi connectivity index (χ0n) is 12.2. The van der Waals surface area contributed by atoms with Crippen LogP contribution in [0.3, 0.4) is 0 Å². The lowest BCUT2D eigenvalue weighted by atomic mass is 9.90. The van der Waals surface area contributed by atoms with E-state index in [1.165, 1.54) is 0 Å². The molecule has 0 bridgehead atoms. The zero-order valence-corrected chi connectivity index (χ0v) is 12.2. The highest BCUT2D eigenvalue weighted by Gasteiger charge is 2.28. The van der Waals surface area contributed by atoms with Crippen LogP contribution in [0.5, 0.6) is 0 Å². The Bertz CT molecular complexity index is 334. The van der Waals surface area contributed by atoms with Crippen LogP contribution in [0.15, 0.2) is 25.3 Å². The van der Waals surface area contributed by atoms with E-state index in [0.717, 1.165) is 0 Å². The highest BCUT2D eigenvalue weighted by molar-refractivity contribution is 5.77. The Labute approximate surface area is 115 Å². The Morgan fingerprint density at radius 3 is 2.47 bits per heavy atom. The molecule has 1 N–H and O–H groups in total. The fourth-order valence-corrected chi connectivity index (χ4v) is 1.46. The van der Waals surface area contributed by atoms with Gasteiger partial charge in [-0.05, 0) is 33.6 Å². The van der Waals surface area contributed by atoms with Crippen LogP contribution >= 0.6 is 0 Å². The second-order valence-electron chi connectivity index (χ2n) is 5.27. The number of carbonyl (C=O) groups excluding carboxylic acids is 2. The van der Waals surface area contributed by atoms with E-state index in [2.05, 4.69) is 18.5 Å². The predicted octanol–water partition coefficient (Wildman–Crippen LogP) is 2.60. The van der Waals surface area contributed by atoms with Crippen molar-refractivity contribution in [1.82, 2.24) is 5.32 Å². The molecule has 0 aromatic rings. The van der Waals surface area contributed by atoms with E-state index < -0.39 is 5.41 Å². The summed E-state index contributed by atoms with van der Waals surface area (Å²) in [5, 5.41) is 2.77. The second kappa shape index (κ2) is 8.51. The van der Waals surface area contributed by atoms with Crippen molar-refractivity contribution in [1.29, 1.82) is 0 Å². The molecule has 0 heterocycles. The van der Waals surface area contributed by atoms with Gasteiger partial charge in [0.15, 0.2) is 0 Å². The van der Waals surface area contributed by atoms with Crippen molar-refractivity contribution in [3.63, 3.8) is 0 Å². The summed E-state index contributed by atoms with van der Waals surface area (Å²) in [6, 6.07) is -0.194. The van der Waals surface area contributed by atoms with Gasteiger partial charge in [0.1, 0.15) is 6.61 Å². The number of carbonyl (C=O) groups is 2. The number of nitrogens with one attached hydrogen (secondary N) is 1. The Balaban J connectivity index is 4.05. The molecule has 1 atom stereocenters. The fourth-order valence-electron chi connectivity index (χ4n) is 1.46. The first-order valence-electron chi connectivity index (χ1n) is 6.52. The molecule has 0 aromatic carbocycles. The van der Waals surface area contributed by atoms with Crippen LogP contribution < -0.4 is 5.32 Å². The van der Waals surface area contributed by atoms with Crippen molar-refractivity contribution in [3.8, 4) is 0 Å². The van der Waals surface area contributed by atoms with Crippen LogP contribution in [0.4, 0.5) is 0 Å². The summed E-state index contributed by atoms with van der Waals surface area (Å²) in [5.74, 6) is -0.339. The smallest absolute Gasteiger partial charge is 0.311 e. The van der Waals surface area contributed by atoms with Crippen LogP contribution in [0, 0.1) is 5.41 Å². The average Bonchev–Trinajstić information content (AvgIpc) is 2.33. The maximum absolute atomic E-state index is 11.8. The quantitative estimate of drug-likeness (QED) is 0.516. The van der Waals surface area contributed by atoms with E-state index >= 15 is 0 Å². The summed E-state index contributed by atoms with van der Waals surface area (Å²) in [6.07, 6.45) is 5.00. The molecule has 0 aliphatic carbocycles. The summed E-state index contributed by atoms with van der Waals surface area (Å²) in [6.45, 7) is 12.8. The number of hydrogen-bond acceptors (Lipinski definition) is 3. The molecule has 0 radical (unpaired) electrons. The summed E-state index contributed by atoms with van der Waals surface area (Å²) in [5.41, 5.74) is -0.575. The lowest BCUT2D eigenvalue weighted by Crippen LogP contribution is -2.38. The molecule has 0 spiro atoms. The molecule has 19 heavy (non-hydrogen) atoms. The first-order valence-corrected chi connectivity index (χ1v) is 6.52. The zero-order chi connectivity index (χ0) is 14.9. The summed E-state index contributed by atoms with van der Waals surface area (Å²) in [7, 11) is 0. The maximum atomic E-state index is 11.8. The highest BCUT2D eigenvalue weighted by Crippen LogP contribution is 2.22.